The fourth-order valence-corrected chi connectivity index (χ4v) is 4.59. The fraction of sp³-hybridized carbons (Fsp3) is 0.174. The topological polar surface area (TPSA) is 82.4 Å². The zero-order valence-corrected chi connectivity index (χ0v) is 17.2. The van der Waals surface area contributed by atoms with Crippen LogP contribution < -0.4 is 10.1 Å². The van der Waals surface area contributed by atoms with Gasteiger partial charge in [-0.2, -0.15) is 5.26 Å². The van der Waals surface area contributed by atoms with Gasteiger partial charge in [-0.1, -0.05) is 24.3 Å². The number of ether oxygens (including phenoxy) is 1. The van der Waals surface area contributed by atoms with Crippen LogP contribution >= 0.6 is 11.3 Å². The normalized spacial score (nSPS) is 12.6. The lowest BCUT2D eigenvalue weighted by Gasteiger charge is -2.25. The number of hydrogen-bond donors (Lipinski definition) is 1. The van der Waals surface area contributed by atoms with E-state index in [2.05, 4.69) is 11.4 Å². The third kappa shape index (κ3) is 4.04. The second-order valence-electron chi connectivity index (χ2n) is 6.91. The zero-order chi connectivity index (χ0) is 21.1. The van der Waals surface area contributed by atoms with Crippen LogP contribution in [0.5, 0.6) is 11.5 Å². The van der Waals surface area contributed by atoms with Crippen molar-refractivity contribution in [3.8, 4) is 17.6 Å². The van der Waals surface area contributed by atoms with Crippen LogP contribution in [0, 0.1) is 11.3 Å². The van der Waals surface area contributed by atoms with Crippen LogP contribution in [0.1, 0.15) is 33.3 Å². The molecule has 1 N–H and O–H groups in total. The molecule has 30 heavy (non-hydrogen) atoms. The molecule has 0 bridgehead atoms. The molecule has 2 amide bonds. The Hall–Kier alpha value is -3.63. The van der Waals surface area contributed by atoms with Crippen LogP contribution in [0.15, 0.2) is 54.6 Å². The highest BCUT2D eigenvalue weighted by Gasteiger charge is 2.26. The van der Waals surface area contributed by atoms with Gasteiger partial charge in [-0.25, -0.2) is 0 Å². The number of nitrogens with one attached hydrogen (secondary N) is 1. The number of rotatable bonds is 4. The first-order chi connectivity index (χ1) is 14.5. The molecule has 0 atom stereocenters. The molecule has 1 aliphatic rings. The molecule has 0 aliphatic carbocycles. The number of nitrogens with zero attached hydrogens (tertiary/aromatic N) is 2. The van der Waals surface area contributed by atoms with E-state index in [0.29, 0.717) is 47.1 Å². The van der Waals surface area contributed by atoms with Crippen LogP contribution in [-0.4, -0.2) is 23.3 Å². The number of para-hydroxylation sites is 1. The van der Waals surface area contributed by atoms with E-state index in [1.54, 1.807) is 29.2 Å². The van der Waals surface area contributed by atoms with E-state index in [0.717, 1.165) is 10.4 Å². The van der Waals surface area contributed by atoms with Crippen molar-refractivity contribution in [2.75, 3.05) is 11.9 Å². The molecule has 6 nitrogen and oxygen atoms in total. The Bertz CT molecular complexity index is 1150. The molecule has 0 unspecified atom stereocenters. The van der Waals surface area contributed by atoms with Crippen LogP contribution in [0.2, 0.25) is 0 Å². The second-order valence-corrected chi connectivity index (χ2v) is 8.01. The SMILES string of the molecule is CC(=O)N1CCc2c(sc(NC(=O)c3cccc(Oc4ccccc4)c3)c2C#N)C1. The molecule has 0 saturated carbocycles. The third-order valence-corrected chi connectivity index (χ3v) is 6.05. The van der Waals surface area contributed by atoms with Crippen molar-refractivity contribution >= 4 is 28.2 Å². The van der Waals surface area contributed by atoms with Gasteiger partial charge in [-0.3, -0.25) is 9.59 Å². The fourth-order valence-electron chi connectivity index (χ4n) is 3.38. The monoisotopic (exact) mass is 417 g/mol. The molecule has 1 aromatic heterocycles. The number of carbonyl (C=O) groups is 2. The number of fused-ring (bicyclic) bond motifs is 1. The van der Waals surface area contributed by atoms with Gasteiger partial charge >= 0.3 is 0 Å². The first kappa shape index (κ1) is 19.7. The highest BCUT2D eigenvalue weighted by Crippen LogP contribution is 2.37. The van der Waals surface area contributed by atoms with Gasteiger partial charge in [0.05, 0.1) is 12.1 Å². The highest BCUT2D eigenvalue weighted by atomic mass is 32.1. The second kappa shape index (κ2) is 8.39. The number of hydrogen-bond acceptors (Lipinski definition) is 5. The molecular formula is C23H19N3O3S. The van der Waals surface area contributed by atoms with Gasteiger partial charge in [0.15, 0.2) is 0 Å². The van der Waals surface area contributed by atoms with E-state index >= 15 is 0 Å². The van der Waals surface area contributed by atoms with Gasteiger partial charge in [0, 0.05) is 23.9 Å². The van der Waals surface area contributed by atoms with Crippen LogP contribution in [0.25, 0.3) is 0 Å². The highest BCUT2D eigenvalue weighted by molar-refractivity contribution is 7.16. The summed E-state index contributed by atoms with van der Waals surface area (Å²) in [5.41, 5.74) is 1.85. The van der Waals surface area contributed by atoms with Gasteiger partial charge in [0.1, 0.15) is 22.6 Å². The third-order valence-electron chi connectivity index (χ3n) is 4.92. The summed E-state index contributed by atoms with van der Waals surface area (Å²) in [6, 6.07) is 18.5. The summed E-state index contributed by atoms with van der Waals surface area (Å²) in [7, 11) is 0. The van der Waals surface area contributed by atoms with Gasteiger partial charge in [0.25, 0.3) is 5.91 Å². The standard InChI is InChI=1S/C23H19N3O3S/c1-15(27)26-11-10-19-20(13-24)23(30-21(19)14-26)25-22(28)16-6-5-9-18(12-16)29-17-7-3-2-4-8-17/h2-9,12H,10-11,14H2,1H3,(H,25,28). The summed E-state index contributed by atoms with van der Waals surface area (Å²) in [5, 5.41) is 13.0. The molecule has 150 valence electrons. The molecule has 0 saturated heterocycles. The molecule has 0 fully saturated rings. The average Bonchev–Trinajstić information content (AvgIpc) is 3.10. The lowest BCUT2D eigenvalue weighted by molar-refractivity contribution is -0.129. The minimum absolute atomic E-state index is 0.00775. The Morgan fingerprint density at radius 2 is 1.90 bits per heavy atom. The molecule has 4 rings (SSSR count). The van der Waals surface area contributed by atoms with Gasteiger partial charge < -0.3 is 15.0 Å². The number of amides is 2. The maximum Gasteiger partial charge on any atom is 0.256 e. The smallest absolute Gasteiger partial charge is 0.256 e. The Labute approximate surface area is 178 Å². The van der Waals surface area contributed by atoms with Crippen LogP contribution in [0.4, 0.5) is 5.00 Å². The number of nitriles is 1. The predicted molar refractivity (Wildman–Crippen MR) is 115 cm³/mol. The Kier molecular flexibility index (Phi) is 5.50. The molecule has 0 radical (unpaired) electrons. The van der Waals surface area contributed by atoms with Crippen molar-refractivity contribution in [3.63, 3.8) is 0 Å². The van der Waals surface area contributed by atoms with Gasteiger partial charge in [-0.15, -0.1) is 11.3 Å². The molecule has 1 aliphatic heterocycles. The Balaban J connectivity index is 1.54. The predicted octanol–water partition coefficient (Wildman–Crippen LogP) is 4.57. The summed E-state index contributed by atoms with van der Waals surface area (Å²) in [5.74, 6) is 0.931. The number of benzene rings is 2. The minimum atomic E-state index is -0.313. The van der Waals surface area contributed by atoms with Crippen molar-refractivity contribution in [3.05, 3.63) is 76.2 Å². The Morgan fingerprint density at radius 3 is 2.63 bits per heavy atom. The van der Waals surface area contributed by atoms with E-state index in [9.17, 15) is 14.9 Å². The number of carbonyl (C=O) groups excluding carboxylic acids is 2. The quantitative estimate of drug-likeness (QED) is 0.674. The maximum atomic E-state index is 12.8. The van der Waals surface area contributed by atoms with E-state index < -0.39 is 0 Å². The van der Waals surface area contributed by atoms with E-state index in [4.69, 9.17) is 4.74 Å². The van der Waals surface area contributed by atoms with Gasteiger partial charge in [-0.05, 0) is 42.3 Å². The lowest BCUT2D eigenvalue weighted by Crippen LogP contribution is -2.33. The summed E-state index contributed by atoms with van der Waals surface area (Å²) in [4.78, 5) is 27.2. The van der Waals surface area contributed by atoms with Crippen molar-refractivity contribution < 1.29 is 14.3 Å². The first-order valence-electron chi connectivity index (χ1n) is 9.49. The number of anilines is 1. The largest absolute Gasteiger partial charge is 0.457 e. The van der Waals surface area contributed by atoms with E-state index in [1.165, 1.54) is 18.3 Å². The minimum Gasteiger partial charge on any atom is -0.457 e. The van der Waals surface area contributed by atoms with Crippen molar-refractivity contribution in [2.24, 2.45) is 0 Å². The lowest BCUT2D eigenvalue weighted by atomic mass is 10.0. The summed E-state index contributed by atoms with van der Waals surface area (Å²) in [6.07, 6.45) is 0.616. The molecule has 0 spiro atoms. The maximum absolute atomic E-state index is 12.8. The molecule has 2 heterocycles. The number of thiophene rings is 1. The zero-order valence-electron chi connectivity index (χ0n) is 16.3. The van der Waals surface area contributed by atoms with Crippen LogP contribution in [0.3, 0.4) is 0 Å². The van der Waals surface area contributed by atoms with Crippen molar-refractivity contribution in [2.45, 2.75) is 19.9 Å². The Morgan fingerprint density at radius 1 is 1.13 bits per heavy atom. The van der Waals surface area contributed by atoms with E-state index in [1.807, 2.05) is 30.3 Å². The summed E-state index contributed by atoms with van der Waals surface area (Å²) < 4.78 is 5.80. The van der Waals surface area contributed by atoms with Crippen LogP contribution in [-0.2, 0) is 17.8 Å². The average molecular weight is 417 g/mol. The van der Waals surface area contributed by atoms with Gasteiger partial charge in [0.2, 0.25) is 5.91 Å². The summed E-state index contributed by atoms with van der Waals surface area (Å²) >= 11 is 1.36. The van der Waals surface area contributed by atoms with Crippen molar-refractivity contribution in [1.82, 2.24) is 4.90 Å². The van der Waals surface area contributed by atoms with E-state index in [-0.39, 0.29) is 11.8 Å². The molecule has 7 heteroatoms. The molecule has 3 aromatic rings. The molecular weight excluding hydrogens is 398 g/mol. The van der Waals surface area contributed by atoms with Crippen molar-refractivity contribution in [1.29, 1.82) is 5.26 Å². The first-order valence-corrected chi connectivity index (χ1v) is 10.3. The molecule has 2 aromatic carbocycles. The summed E-state index contributed by atoms with van der Waals surface area (Å²) in [6.45, 7) is 2.59.